The zero-order chi connectivity index (χ0) is 19.2. The first-order valence-corrected chi connectivity index (χ1v) is 11.4. The van der Waals surface area contributed by atoms with Crippen LogP contribution < -0.4 is 10.2 Å². The molecule has 2 fully saturated rings. The number of hydrogen-bond donors (Lipinski definition) is 1. The van der Waals surface area contributed by atoms with E-state index in [0.717, 1.165) is 39.1 Å². The molecule has 0 spiro atoms. The summed E-state index contributed by atoms with van der Waals surface area (Å²) in [5.74, 6) is 0.588. The van der Waals surface area contributed by atoms with E-state index in [0.29, 0.717) is 18.8 Å². The lowest BCUT2D eigenvalue weighted by atomic mass is 10.2. The van der Waals surface area contributed by atoms with E-state index in [-0.39, 0.29) is 17.3 Å². The van der Waals surface area contributed by atoms with Gasteiger partial charge in [-0.15, -0.1) is 0 Å². The van der Waals surface area contributed by atoms with E-state index in [1.807, 2.05) is 17.9 Å². The van der Waals surface area contributed by atoms with Crippen LogP contribution in [0.15, 0.2) is 30.3 Å². The summed E-state index contributed by atoms with van der Waals surface area (Å²) >= 11 is 0. The third-order valence-electron chi connectivity index (χ3n) is 5.50. The maximum atomic E-state index is 12.5. The van der Waals surface area contributed by atoms with Gasteiger partial charge in [-0.25, -0.2) is 4.79 Å². The van der Waals surface area contributed by atoms with Crippen LogP contribution in [0.4, 0.5) is 10.5 Å². The Balaban J connectivity index is 1.41. The normalized spacial score (nSPS) is 25.7. The van der Waals surface area contributed by atoms with Gasteiger partial charge in [0.15, 0.2) is 0 Å². The first-order chi connectivity index (χ1) is 13.0. The molecule has 0 aliphatic carbocycles. The van der Waals surface area contributed by atoms with E-state index in [4.69, 9.17) is 0 Å². The van der Waals surface area contributed by atoms with E-state index in [9.17, 15) is 9.00 Å². The number of anilines is 1. The van der Waals surface area contributed by atoms with Crippen molar-refractivity contribution in [3.63, 3.8) is 0 Å². The lowest BCUT2D eigenvalue weighted by Gasteiger charge is -2.37. The molecule has 27 heavy (non-hydrogen) atoms. The average molecular weight is 393 g/mol. The molecule has 3 atom stereocenters. The molecule has 3 rings (SSSR count). The van der Waals surface area contributed by atoms with Crippen LogP contribution in [0.1, 0.15) is 20.3 Å². The summed E-state index contributed by atoms with van der Waals surface area (Å²) in [6, 6.07) is 10.6. The van der Waals surface area contributed by atoms with Crippen molar-refractivity contribution in [2.45, 2.75) is 31.6 Å². The van der Waals surface area contributed by atoms with Crippen molar-refractivity contribution >= 4 is 22.5 Å². The van der Waals surface area contributed by atoms with E-state index < -0.39 is 10.8 Å². The second-order valence-electron chi connectivity index (χ2n) is 7.64. The first-order valence-electron chi connectivity index (χ1n) is 9.98. The number of nitrogens with one attached hydrogen (secondary N) is 1. The van der Waals surface area contributed by atoms with Gasteiger partial charge in [-0.3, -0.25) is 9.11 Å². The van der Waals surface area contributed by atoms with Crippen LogP contribution in [0, 0.1) is 0 Å². The van der Waals surface area contributed by atoms with E-state index >= 15 is 0 Å². The Morgan fingerprint density at radius 3 is 2.56 bits per heavy atom. The van der Waals surface area contributed by atoms with E-state index in [1.165, 1.54) is 5.69 Å². The zero-order valence-corrected chi connectivity index (χ0v) is 17.3. The van der Waals surface area contributed by atoms with Crippen LogP contribution >= 0.6 is 0 Å². The molecule has 1 N–H and O–H groups in total. The van der Waals surface area contributed by atoms with Gasteiger partial charge in [0.05, 0.1) is 0 Å². The molecule has 2 amide bonds. The van der Waals surface area contributed by atoms with Crippen LogP contribution in [0.3, 0.4) is 0 Å². The number of hydrogen-bond acceptors (Lipinski definition) is 4. The number of urea groups is 1. The molecule has 2 heterocycles. The molecule has 0 aromatic heterocycles. The second-order valence-corrected chi connectivity index (χ2v) is 9.62. The minimum atomic E-state index is -0.812. The van der Waals surface area contributed by atoms with Crippen molar-refractivity contribution in [1.82, 2.24) is 15.1 Å². The molecular weight excluding hydrogens is 360 g/mol. The van der Waals surface area contributed by atoms with Crippen molar-refractivity contribution in [3.8, 4) is 0 Å². The Bertz CT molecular complexity index is 634. The third-order valence-corrected chi connectivity index (χ3v) is 7.22. The van der Waals surface area contributed by atoms with Crippen molar-refractivity contribution < 1.29 is 9.00 Å². The van der Waals surface area contributed by atoms with Crippen LogP contribution in [-0.4, -0.2) is 82.9 Å². The molecule has 6 nitrogen and oxygen atoms in total. The zero-order valence-electron chi connectivity index (χ0n) is 16.5. The Kier molecular flexibility index (Phi) is 7.13. The third kappa shape index (κ3) is 5.69. The summed E-state index contributed by atoms with van der Waals surface area (Å²) in [7, 11) is -0.812. The van der Waals surface area contributed by atoms with E-state index in [1.54, 1.807) is 0 Å². The summed E-state index contributed by atoms with van der Waals surface area (Å²) < 4.78 is 11.9. The number of nitrogens with zero attached hydrogens (tertiary/aromatic N) is 3. The Hall–Kier alpha value is -1.60. The molecule has 0 saturated carbocycles. The molecule has 7 heteroatoms. The fourth-order valence-electron chi connectivity index (χ4n) is 3.75. The summed E-state index contributed by atoms with van der Waals surface area (Å²) in [5.41, 5.74) is 1.28. The fourth-order valence-corrected chi connectivity index (χ4v) is 4.92. The van der Waals surface area contributed by atoms with Gasteiger partial charge in [-0.05, 0) is 25.5 Å². The van der Waals surface area contributed by atoms with Gasteiger partial charge in [-0.1, -0.05) is 25.1 Å². The molecular formula is C20H32N4O2S. The summed E-state index contributed by atoms with van der Waals surface area (Å²) in [6.45, 7) is 10.3. The van der Waals surface area contributed by atoms with Gasteiger partial charge in [-0.2, -0.15) is 0 Å². The molecule has 0 unspecified atom stereocenters. The maximum absolute atomic E-state index is 12.5. The average Bonchev–Trinajstić information content (AvgIpc) is 2.84. The number of rotatable bonds is 4. The van der Waals surface area contributed by atoms with Gasteiger partial charge < -0.3 is 15.1 Å². The van der Waals surface area contributed by atoms with Crippen LogP contribution in [0.25, 0.3) is 0 Å². The summed E-state index contributed by atoms with van der Waals surface area (Å²) in [5, 5.41) is 3.31. The van der Waals surface area contributed by atoms with Crippen molar-refractivity contribution in [3.05, 3.63) is 30.3 Å². The predicted molar refractivity (Wildman–Crippen MR) is 112 cm³/mol. The number of amides is 2. The molecule has 150 valence electrons. The molecule has 2 saturated heterocycles. The molecule has 0 bridgehead atoms. The van der Waals surface area contributed by atoms with Gasteiger partial charge in [0.25, 0.3) is 0 Å². The predicted octanol–water partition coefficient (Wildman–Crippen LogP) is 1.75. The van der Waals surface area contributed by atoms with Crippen LogP contribution in [0.2, 0.25) is 0 Å². The lowest BCUT2D eigenvalue weighted by Crippen LogP contribution is -2.52. The highest BCUT2D eigenvalue weighted by atomic mass is 32.2. The van der Waals surface area contributed by atoms with Gasteiger partial charge in [0.2, 0.25) is 0 Å². The summed E-state index contributed by atoms with van der Waals surface area (Å²) in [6.07, 6.45) is 0.815. The standard InChI is InChI=1S/C20H32N4O2S/c1-17(21-20(25)24-9-8-18(2)27(26)15-14-24)16-22-10-12-23(13-11-22)19-6-4-3-5-7-19/h3-7,17-18H,8-16H2,1-2H3,(H,21,25)/t17-,18+,27-/m1/s1. The number of para-hydroxylation sites is 1. The highest BCUT2D eigenvalue weighted by Gasteiger charge is 2.24. The van der Waals surface area contributed by atoms with Crippen molar-refractivity contribution in [1.29, 1.82) is 0 Å². The number of carbonyl (C=O) groups is 1. The monoisotopic (exact) mass is 392 g/mol. The van der Waals surface area contributed by atoms with Crippen LogP contribution in [0.5, 0.6) is 0 Å². The minimum Gasteiger partial charge on any atom is -0.369 e. The number of benzene rings is 1. The van der Waals surface area contributed by atoms with Gasteiger partial charge in [0.1, 0.15) is 0 Å². The summed E-state index contributed by atoms with van der Waals surface area (Å²) in [4.78, 5) is 19.2. The fraction of sp³-hybridized carbons (Fsp3) is 0.650. The van der Waals surface area contributed by atoms with Crippen molar-refractivity contribution in [2.24, 2.45) is 0 Å². The SMILES string of the molecule is C[C@H](CN1CCN(c2ccccc2)CC1)NC(=O)N1CC[C@H](C)[S@](=O)CC1. The van der Waals surface area contributed by atoms with Gasteiger partial charge in [0, 0.05) is 79.3 Å². The quantitative estimate of drug-likeness (QED) is 0.848. The maximum Gasteiger partial charge on any atom is 0.317 e. The molecule has 2 aliphatic heterocycles. The largest absolute Gasteiger partial charge is 0.369 e. The van der Waals surface area contributed by atoms with E-state index in [2.05, 4.69) is 46.3 Å². The minimum absolute atomic E-state index is 0.0171. The molecule has 2 aliphatic rings. The Morgan fingerprint density at radius 1 is 1.15 bits per heavy atom. The van der Waals surface area contributed by atoms with Gasteiger partial charge >= 0.3 is 6.03 Å². The number of piperazine rings is 1. The lowest BCUT2D eigenvalue weighted by molar-refractivity contribution is 0.188. The Morgan fingerprint density at radius 2 is 1.85 bits per heavy atom. The van der Waals surface area contributed by atoms with Crippen LogP contribution in [-0.2, 0) is 10.8 Å². The smallest absolute Gasteiger partial charge is 0.317 e. The second kappa shape index (κ2) is 9.55. The highest BCUT2D eigenvalue weighted by Crippen LogP contribution is 2.15. The van der Waals surface area contributed by atoms with Crippen molar-refractivity contribution in [2.75, 3.05) is 56.5 Å². The molecule has 0 radical (unpaired) electrons. The molecule has 1 aromatic carbocycles. The molecule has 1 aromatic rings. The first kappa shape index (κ1) is 20.1. The topological polar surface area (TPSA) is 55.9 Å². The highest BCUT2D eigenvalue weighted by molar-refractivity contribution is 7.85. The number of carbonyl (C=O) groups excluding carboxylic acids is 1. The Labute approximate surface area is 165 Å².